The Labute approximate surface area is 120 Å². The summed E-state index contributed by atoms with van der Waals surface area (Å²) in [5.41, 5.74) is 0.885. The van der Waals surface area contributed by atoms with Crippen LogP contribution in [0.15, 0.2) is 28.7 Å². The van der Waals surface area contributed by atoms with Gasteiger partial charge in [0.05, 0.1) is 19.1 Å². The van der Waals surface area contributed by atoms with Crippen molar-refractivity contribution in [1.29, 1.82) is 0 Å². The van der Waals surface area contributed by atoms with Gasteiger partial charge in [0, 0.05) is 10.9 Å². The lowest BCUT2D eigenvalue weighted by molar-refractivity contribution is -0.142. The molecule has 1 aromatic rings. The molecule has 19 heavy (non-hydrogen) atoms. The van der Waals surface area contributed by atoms with Gasteiger partial charge in [0.25, 0.3) is 0 Å². The first-order valence-electron chi connectivity index (χ1n) is 6.20. The molecular formula is C14H16BrNO3. The van der Waals surface area contributed by atoms with E-state index >= 15 is 0 Å². The molecule has 0 heterocycles. The lowest BCUT2D eigenvalue weighted by atomic mass is 10.0. The third-order valence-electron chi connectivity index (χ3n) is 3.31. The normalized spacial score (nSPS) is 15.7. The first-order chi connectivity index (χ1) is 9.05. The van der Waals surface area contributed by atoms with Gasteiger partial charge < -0.3 is 10.1 Å². The van der Waals surface area contributed by atoms with Gasteiger partial charge in [0.15, 0.2) is 0 Å². The second-order valence-corrected chi connectivity index (χ2v) is 5.63. The first-order valence-corrected chi connectivity index (χ1v) is 6.99. The number of carbonyl (C=O) groups is 2. The Morgan fingerprint density at radius 2 is 1.89 bits per heavy atom. The Balaban J connectivity index is 1.93. The summed E-state index contributed by atoms with van der Waals surface area (Å²) < 4.78 is 5.54. The summed E-state index contributed by atoms with van der Waals surface area (Å²) in [6, 6.07) is 7.96. The summed E-state index contributed by atoms with van der Waals surface area (Å²) in [6.45, 7) is 0. The van der Waals surface area contributed by atoms with E-state index in [1.807, 2.05) is 24.3 Å². The van der Waals surface area contributed by atoms with Crippen LogP contribution in [0, 0.1) is 0 Å². The van der Waals surface area contributed by atoms with Crippen LogP contribution in [0.1, 0.15) is 31.2 Å². The minimum Gasteiger partial charge on any atom is -0.469 e. The molecule has 5 heteroatoms. The Morgan fingerprint density at radius 1 is 1.26 bits per heavy atom. The lowest BCUT2D eigenvalue weighted by Gasteiger charge is -2.18. The molecule has 0 aromatic heterocycles. The first kappa shape index (κ1) is 14.1. The zero-order chi connectivity index (χ0) is 13.9. The van der Waals surface area contributed by atoms with Crippen molar-refractivity contribution >= 4 is 27.8 Å². The monoisotopic (exact) mass is 325 g/mol. The second-order valence-electron chi connectivity index (χ2n) is 4.71. The van der Waals surface area contributed by atoms with Gasteiger partial charge in [0.1, 0.15) is 0 Å². The molecule has 1 amide bonds. The van der Waals surface area contributed by atoms with Crippen molar-refractivity contribution in [3.05, 3.63) is 34.3 Å². The molecule has 0 saturated heterocycles. The van der Waals surface area contributed by atoms with Crippen LogP contribution in [0.4, 0.5) is 0 Å². The largest absolute Gasteiger partial charge is 0.469 e. The van der Waals surface area contributed by atoms with Crippen molar-refractivity contribution in [1.82, 2.24) is 5.32 Å². The molecule has 0 unspecified atom stereocenters. The number of carbonyl (C=O) groups excluding carboxylic acids is 2. The van der Waals surface area contributed by atoms with Crippen LogP contribution in [0.3, 0.4) is 0 Å². The van der Waals surface area contributed by atoms with Gasteiger partial charge in [0.2, 0.25) is 5.91 Å². The van der Waals surface area contributed by atoms with Gasteiger partial charge in [-0.2, -0.15) is 0 Å². The van der Waals surface area contributed by atoms with E-state index < -0.39 is 0 Å². The average Bonchev–Trinajstić information content (AvgIpc) is 3.17. The van der Waals surface area contributed by atoms with Crippen LogP contribution in [0.5, 0.6) is 0 Å². The molecule has 1 aliphatic rings. The number of rotatable bonds is 5. The Bertz CT molecular complexity index is 480. The van der Waals surface area contributed by atoms with E-state index in [2.05, 4.69) is 26.0 Å². The second kappa shape index (κ2) is 5.74. The molecule has 1 aromatic carbocycles. The summed E-state index contributed by atoms with van der Waals surface area (Å²) >= 11 is 3.39. The fourth-order valence-corrected chi connectivity index (χ4v) is 2.29. The zero-order valence-electron chi connectivity index (χ0n) is 10.7. The predicted octanol–water partition coefficient (Wildman–Crippen LogP) is 2.51. The maximum absolute atomic E-state index is 11.8. The molecule has 1 fully saturated rings. The number of ether oxygens (including phenoxy) is 1. The molecule has 2 rings (SSSR count). The smallest absolute Gasteiger partial charge is 0.306 e. The number of amides is 1. The van der Waals surface area contributed by atoms with Crippen molar-refractivity contribution in [2.45, 2.75) is 31.2 Å². The van der Waals surface area contributed by atoms with Crippen LogP contribution in [0.2, 0.25) is 0 Å². The highest BCUT2D eigenvalue weighted by Gasteiger charge is 2.45. The van der Waals surface area contributed by atoms with Crippen LogP contribution < -0.4 is 5.32 Å². The Morgan fingerprint density at radius 3 is 2.42 bits per heavy atom. The van der Waals surface area contributed by atoms with Gasteiger partial charge in [-0.15, -0.1) is 0 Å². The molecule has 4 nitrogen and oxygen atoms in total. The van der Waals surface area contributed by atoms with Gasteiger partial charge in [-0.1, -0.05) is 28.1 Å². The topological polar surface area (TPSA) is 55.4 Å². The molecule has 0 aliphatic heterocycles. The van der Waals surface area contributed by atoms with E-state index in [1.54, 1.807) is 0 Å². The third-order valence-corrected chi connectivity index (χ3v) is 3.84. The number of hydrogen-bond donors (Lipinski definition) is 1. The van der Waals surface area contributed by atoms with Crippen LogP contribution >= 0.6 is 15.9 Å². The van der Waals surface area contributed by atoms with Crippen molar-refractivity contribution in [2.75, 3.05) is 7.11 Å². The Kier molecular flexibility index (Phi) is 4.24. The van der Waals surface area contributed by atoms with Gasteiger partial charge >= 0.3 is 5.97 Å². The predicted molar refractivity (Wildman–Crippen MR) is 74.4 cm³/mol. The fourth-order valence-electron chi connectivity index (χ4n) is 2.03. The number of esters is 1. The van der Waals surface area contributed by atoms with E-state index in [0.29, 0.717) is 0 Å². The minimum absolute atomic E-state index is 0.106. The molecule has 0 spiro atoms. The van der Waals surface area contributed by atoms with Gasteiger partial charge in [-0.05, 0) is 30.5 Å². The van der Waals surface area contributed by atoms with Crippen LogP contribution in [-0.2, 0) is 19.9 Å². The third kappa shape index (κ3) is 3.56. The molecular weight excluding hydrogens is 310 g/mol. The zero-order valence-corrected chi connectivity index (χ0v) is 12.3. The quantitative estimate of drug-likeness (QED) is 0.846. The highest BCUT2D eigenvalue weighted by atomic mass is 79.9. The van der Waals surface area contributed by atoms with E-state index in [0.717, 1.165) is 22.9 Å². The van der Waals surface area contributed by atoms with E-state index in [1.165, 1.54) is 7.11 Å². The number of hydrogen-bond acceptors (Lipinski definition) is 3. The molecule has 1 aliphatic carbocycles. The Hall–Kier alpha value is -1.36. The standard InChI is InChI=1S/C14H16BrNO3/c1-19-13(18)7-6-12(17)16-14(8-9-14)10-2-4-11(15)5-3-10/h2-5H,6-9H2,1H3,(H,16,17). The van der Waals surface area contributed by atoms with Gasteiger partial charge in [-0.3, -0.25) is 9.59 Å². The molecule has 102 valence electrons. The van der Waals surface area contributed by atoms with Crippen LogP contribution in [0.25, 0.3) is 0 Å². The number of halogens is 1. The van der Waals surface area contributed by atoms with Crippen molar-refractivity contribution < 1.29 is 14.3 Å². The van der Waals surface area contributed by atoms with Crippen molar-refractivity contribution in [3.8, 4) is 0 Å². The minimum atomic E-state index is -0.358. The lowest BCUT2D eigenvalue weighted by Crippen LogP contribution is -2.35. The molecule has 1 saturated carbocycles. The average molecular weight is 326 g/mol. The summed E-state index contributed by atoms with van der Waals surface area (Å²) in [4.78, 5) is 22.8. The molecule has 0 atom stereocenters. The SMILES string of the molecule is COC(=O)CCC(=O)NC1(c2ccc(Br)cc2)CC1. The van der Waals surface area contributed by atoms with E-state index in [9.17, 15) is 9.59 Å². The highest BCUT2D eigenvalue weighted by molar-refractivity contribution is 9.10. The van der Waals surface area contributed by atoms with E-state index in [4.69, 9.17) is 0 Å². The maximum atomic E-state index is 11.8. The maximum Gasteiger partial charge on any atom is 0.306 e. The highest BCUT2D eigenvalue weighted by Crippen LogP contribution is 2.45. The number of benzene rings is 1. The van der Waals surface area contributed by atoms with E-state index in [-0.39, 0.29) is 30.3 Å². The summed E-state index contributed by atoms with van der Waals surface area (Å²) in [7, 11) is 1.32. The van der Waals surface area contributed by atoms with Crippen LogP contribution in [-0.4, -0.2) is 19.0 Å². The van der Waals surface area contributed by atoms with Crippen molar-refractivity contribution in [3.63, 3.8) is 0 Å². The summed E-state index contributed by atoms with van der Waals surface area (Å²) in [5, 5.41) is 3.02. The molecule has 0 bridgehead atoms. The van der Waals surface area contributed by atoms with Crippen molar-refractivity contribution in [2.24, 2.45) is 0 Å². The summed E-state index contributed by atoms with van der Waals surface area (Å²) in [6.07, 6.45) is 2.18. The summed E-state index contributed by atoms with van der Waals surface area (Å²) in [5.74, 6) is -0.463. The molecule has 0 radical (unpaired) electrons. The number of methoxy groups -OCH3 is 1. The molecule has 1 N–H and O–H groups in total. The van der Waals surface area contributed by atoms with Gasteiger partial charge in [-0.25, -0.2) is 0 Å². The number of nitrogens with one attached hydrogen (secondary N) is 1. The fraction of sp³-hybridized carbons (Fsp3) is 0.429.